The number of aromatic nitrogens is 3. The summed E-state index contributed by atoms with van der Waals surface area (Å²) in [7, 11) is 1.92. The number of hydrogen-bond donors (Lipinski definition) is 1. The van der Waals surface area contributed by atoms with Crippen LogP contribution in [0, 0.1) is 0 Å². The van der Waals surface area contributed by atoms with Crippen LogP contribution >= 0.6 is 0 Å². The van der Waals surface area contributed by atoms with E-state index in [1.807, 2.05) is 48.1 Å². The molecule has 0 aliphatic carbocycles. The average molecular weight is 414 g/mol. The van der Waals surface area contributed by atoms with E-state index in [9.17, 15) is 4.79 Å². The van der Waals surface area contributed by atoms with Crippen molar-refractivity contribution in [3.05, 3.63) is 102 Å². The highest BCUT2D eigenvalue weighted by Gasteiger charge is 2.08. The summed E-state index contributed by atoms with van der Waals surface area (Å²) >= 11 is 0. The van der Waals surface area contributed by atoms with Gasteiger partial charge in [0.1, 0.15) is 30.5 Å². The molecule has 4 aromatic rings. The molecule has 0 aliphatic heterocycles. The average Bonchev–Trinajstić information content (AvgIpc) is 3.23. The van der Waals surface area contributed by atoms with Gasteiger partial charge in [0, 0.05) is 48.6 Å². The van der Waals surface area contributed by atoms with Crippen molar-refractivity contribution in [1.82, 2.24) is 14.5 Å². The van der Waals surface area contributed by atoms with Crippen LogP contribution in [0.1, 0.15) is 21.7 Å². The van der Waals surface area contributed by atoms with Crippen LogP contribution in [0.4, 0.5) is 5.69 Å². The van der Waals surface area contributed by atoms with Crippen molar-refractivity contribution in [2.75, 3.05) is 5.32 Å². The maximum atomic E-state index is 12.6. The van der Waals surface area contributed by atoms with Crippen LogP contribution in [0.25, 0.3) is 0 Å². The van der Waals surface area contributed by atoms with Crippen LogP contribution in [0.3, 0.4) is 0 Å². The van der Waals surface area contributed by atoms with Gasteiger partial charge < -0.3 is 19.4 Å². The highest BCUT2D eigenvalue weighted by molar-refractivity contribution is 6.04. The Kier molecular flexibility index (Phi) is 6.23. The minimum Gasteiger partial charge on any atom is -0.489 e. The van der Waals surface area contributed by atoms with Crippen molar-refractivity contribution < 1.29 is 14.3 Å². The zero-order valence-corrected chi connectivity index (χ0v) is 17.1. The lowest BCUT2D eigenvalue weighted by atomic mass is 10.2. The van der Waals surface area contributed by atoms with Gasteiger partial charge in [-0.05, 0) is 48.5 Å². The van der Waals surface area contributed by atoms with Crippen molar-refractivity contribution in [3.8, 4) is 11.5 Å². The summed E-state index contributed by atoms with van der Waals surface area (Å²) in [5.74, 6) is 1.94. The van der Waals surface area contributed by atoms with E-state index in [1.54, 1.807) is 48.9 Å². The summed E-state index contributed by atoms with van der Waals surface area (Å²) in [6.45, 7) is 0.764. The normalized spacial score (nSPS) is 10.5. The van der Waals surface area contributed by atoms with E-state index in [0.717, 1.165) is 11.4 Å². The molecule has 0 unspecified atom stereocenters. The van der Waals surface area contributed by atoms with E-state index in [0.29, 0.717) is 36.0 Å². The minimum absolute atomic E-state index is 0.214. The third-order valence-corrected chi connectivity index (χ3v) is 4.63. The standard InChI is InChI=1S/C24H22N4O3/c1-28-13-12-26-23(28)17-31-21-9-7-20(8-10-21)27-24(29)19-5-2-6-22(14-19)30-16-18-4-3-11-25-15-18/h2-15H,16-17H2,1H3,(H,27,29). The summed E-state index contributed by atoms with van der Waals surface area (Å²) in [6, 6.07) is 18.1. The Labute approximate surface area is 180 Å². The molecule has 0 radical (unpaired) electrons. The van der Waals surface area contributed by atoms with Crippen molar-refractivity contribution in [2.45, 2.75) is 13.2 Å². The molecular formula is C24H22N4O3. The summed E-state index contributed by atoms with van der Waals surface area (Å²) in [4.78, 5) is 20.9. The second-order valence-electron chi connectivity index (χ2n) is 6.90. The molecule has 31 heavy (non-hydrogen) atoms. The number of ether oxygens (including phenoxy) is 2. The van der Waals surface area contributed by atoms with Gasteiger partial charge in [0.25, 0.3) is 5.91 Å². The SMILES string of the molecule is Cn1ccnc1COc1ccc(NC(=O)c2cccc(OCc3cccnc3)c2)cc1. The third kappa shape index (κ3) is 5.48. The number of carbonyl (C=O) groups excluding carboxylic acids is 1. The summed E-state index contributed by atoms with van der Waals surface area (Å²) in [5.41, 5.74) is 2.15. The lowest BCUT2D eigenvalue weighted by molar-refractivity contribution is 0.102. The minimum atomic E-state index is -0.214. The molecule has 1 amide bonds. The van der Waals surface area contributed by atoms with Crippen molar-refractivity contribution in [2.24, 2.45) is 7.05 Å². The van der Waals surface area contributed by atoms with Gasteiger partial charge in [-0.1, -0.05) is 12.1 Å². The number of nitrogens with zero attached hydrogens (tertiary/aromatic N) is 3. The van der Waals surface area contributed by atoms with Crippen LogP contribution in [0.15, 0.2) is 85.5 Å². The summed E-state index contributed by atoms with van der Waals surface area (Å²) in [5, 5.41) is 2.89. The molecule has 2 heterocycles. The van der Waals surface area contributed by atoms with Gasteiger partial charge in [-0.25, -0.2) is 4.98 Å². The first-order valence-corrected chi connectivity index (χ1v) is 9.79. The largest absolute Gasteiger partial charge is 0.489 e. The zero-order chi connectivity index (χ0) is 21.5. The third-order valence-electron chi connectivity index (χ3n) is 4.63. The van der Waals surface area contributed by atoms with Crippen LogP contribution in [0.2, 0.25) is 0 Å². The van der Waals surface area contributed by atoms with E-state index in [-0.39, 0.29) is 5.91 Å². The maximum absolute atomic E-state index is 12.6. The number of nitrogens with one attached hydrogen (secondary N) is 1. The number of benzene rings is 2. The quantitative estimate of drug-likeness (QED) is 0.467. The lowest BCUT2D eigenvalue weighted by Crippen LogP contribution is -2.12. The van der Waals surface area contributed by atoms with Gasteiger partial charge in [0.15, 0.2) is 0 Å². The Morgan fingerprint density at radius 1 is 0.968 bits per heavy atom. The van der Waals surface area contributed by atoms with Gasteiger partial charge in [-0.2, -0.15) is 0 Å². The van der Waals surface area contributed by atoms with Crippen LogP contribution in [-0.2, 0) is 20.3 Å². The van der Waals surface area contributed by atoms with Gasteiger partial charge in [0.2, 0.25) is 0 Å². The van der Waals surface area contributed by atoms with Gasteiger partial charge >= 0.3 is 0 Å². The fraction of sp³-hybridized carbons (Fsp3) is 0.125. The molecule has 156 valence electrons. The molecule has 0 bridgehead atoms. The van der Waals surface area contributed by atoms with Crippen LogP contribution in [0.5, 0.6) is 11.5 Å². The van der Waals surface area contributed by atoms with E-state index in [1.165, 1.54) is 0 Å². The molecule has 7 heteroatoms. The second-order valence-corrected chi connectivity index (χ2v) is 6.90. The number of anilines is 1. The first kappa shape index (κ1) is 20.2. The molecule has 4 rings (SSSR count). The number of amides is 1. The summed E-state index contributed by atoms with van der Waals surface area (Å²) < 4.78 is 13.4. The lowest BCUT2D eigenvalue weighted by Gasteiger charge is -2.10. The summed E-state index contributed by atoms with van der Waals surface area (Å²) in [6.07, 6.45) is 7.07. The van der Waals surface area contributed by atoms with E-state index in [4.69, 9.17) is 9.47 Å². The molecule has 1 N–H and O–H groups in total. The Balaban J connectivity index is 1.33. The molecule has 7 nitrogen and oxygen atoms in total. The number of carbonyl (C=O) groups is 1. The van der Waals surface area contributed by atoms with E-state index >= 15 is 0 Å². The predicted molar refractivity (Wildman–Crippen MR) is 117 cm³/mol. The molecule has 0 spiro atoms. The smallest absolute Gasteiger partial charge is 0.255 e. The highest BCUT2D eigenvalue weighted by Crippen LogP contribution is 2.19. The molecule has 2 aromatic heterocycles. The number of hydrogen-bond acceptors (Lipinski definition) is 5. The number of imidazole rings is 1. The fourth-order valence-corrected chi connectivity index (χ4v) is 2.90. The molecule has 0 fully saturated rings. The first-order chi connectivity index (χ1) is 15.2. The fourth-order valence-electron chi connectivity index (χ4n) is 2.90. The molecule has 0 atom stereocenters. The number of pyridine rings is 1. The first-order valence-electron chi connectivity index (χ1n) is 9.79. The molecule has 2 aromatic carbocycles. The Hall–Kier alpha value is -4.13. The Bertz CT molecular complexity index is 1140. The topological polar surface area (TPSA) is 78.3 Å². The van der Waals surface area contributed by atoms with Crippen molar-refractivity contribution >= 4 is 11.6 Å². The highest BCUT2D eigenvalue weighted by atomic mass is 16.5. The van der Waals surface area contributed by atoms with Crippen LogP contribution < -0.4 is 14.8 Å². The predicted octanol–water partition coefficient (Wildman–Crippen LogP) is 4.23. The van der Waals surface area contributed by atoms with Gasteiger partial charge in [-0.3, -0.25) is 9.78 Å². The van der Waals surface area contributed by atoms with Gasteiger partial charge in [-0.15, -0.1) is 0 Å². The van der Waals surface area contributed by atoms with Crippen molar-refractivity contribution in [1.29, 1.82) is 0 Å². The van der Waals surface area contributed by atoms with Gasteiger partial charge in [0.05, 0.1) is 0 Å². The maximum Gasteiger partial charge on any atom is 0.255 e. The second kappa shape index (κ2) is 9.58. The van der Waals surface area contributed by atoms with Crippen LogP contribution in [-0.4, -0.2) is 20.4 Å². The Morgan fingerprint density at radius 3 is 2.55 bits per heavy atom. The van der Waals surface area contributed by atoms with E-state index in [2.05, 4.69) is 15.3 Å². The zero-order valence-electron chi connectivity index (χ0n) is 17.1. The Morgan fingerprint density at radius 2 is 1.81 bits per heavy atom. The monoisotopic (exact) mass is 414 g/mol. The molecule has 0 saturated carbocycles. The molecular weight excluding hydrogens is 392 g/mol. The number of aryl methyl sites for hydroxylation is 1. The number of rotatable bonds is 8. The van der Waals surface area contributed by atoms with Crippen molar-refractivity contribution in [3.63, 3.8) is 0 Å². The molecule has 0 aliphatic rings. The van der Waals surface area contributed by atoms with E-state index < -0.39 is 0 Å². The molecule has 0 saturated heterocycles.